The van der Waals surface area contributed by atoms with E-state index in [9.17, 15) is 9.59 Å². The van der Waals surface area contributed by atoms with Crippen LogP contribution in [-0.2, 0) is 4.79 Å². The van der Waals surface area contributed by atoms with Crippen molar-refractivity contribution in [1.82, 2.24) is 14.5 Å². The van der Waals surface area contributed by atoms with Crippen molar-refractivity contribution in [2.24, 2.45) is 5.92 Å². The summed E-state index contributed by atoms with van der Waals surface area (Å²) >= 11 is 0. The maximum absolute atomic E-state index is 13.7. The normalized spacial score (nSPS) is 15.1. The zero-order chi connectivity index (χ0) is 23.4. The van der Waals surface area contributed by atoms with Gasteiger partial charge in [-0.2, -0.15) is 0 Å². The zero-order valence-corrected chi connectivity index (χ0v) is 20.1. The molecule has 1 atom stereocenters. The van der Waals surface area contributed by atoms with Gasteiger partial charge in [0.05, 0.1) is 22.6 Å². The Bertz CT molecular complexity index is 1180. The van der Waals surface area contributed by atoms with Crippen molar-refractivity contribution < 1.29 is 4.79 Å². The van der Waals surface area contributed by atoms with Gasteiger partial charge in [-0.15, -0.1) is 0 Å². The van der Waals surface area contributed by atoms with Crippen molar-refractivity contribution in [1.29, 1.82) is 0 Å². The molecule has 1 unspecified atom stereocenters. The van der Waals surface area contributed by atoms with Gasteiger partial charge >= 0.3 is 0 Å². The van der Waals surface area contributed by atoms with Gasteiger partial charge in [-0.3, -0.25) is 14.2 Å². The highest BCUT2D eigenvalue weighted by molar-refractivity contribution is 5.79. The molecule has 5 nitrogen and oxygen atoms in total. The number of carbonyl (C=O) groups is 1. The van der Waals surface area contributed by atoms with Crippen molar-refractivity contribution in [3.8, 4) is 5.69 Å². The second-order valence-corrected chi connectivity index (χ2v) is 9.26. The van der Waals surface area contributed by atoms with Crippen LogP contribution in [0.1, 0.15) is 76.2 Å². The average Bonchev–Trinajstić information content (AvgIpc) is 3.34. The third kappa shape index (κ3) is 4.87. The summed E-state index contributed by atoms with van der Waals surface area (Å²) in [5, 5.41) is 0.591. The summed E-state index contributed by atoms with van der Waals surface area (Å²) in [6, 6.07) is 15.1. The maximum atomic E-state index is 13.7. The average molecular weight is 446 g/mol. The fourth-order valence-electron chi connectivity index (χ4n) is 5.27. The number of aromatic nitrogens is 2. The largest absolute Gasteiger partial charge is 0.333 e. The Labute approximate surface area is 196 Å². The first-order valence-corrected chi connectivity index (χ1v) is 12.4. The molecule has 1 aromatic heterocycles. The molecule has 0 radical (unpaired) electrons. The van der Waals surface area contributed by atoms with Crippen molar-refractivity contribution in [2.45, 2.75) is 71.8 Å². The minimum atomic E-state index is -0.260. The van der Waals surface area contributed by atoms with Gasteiger partial charge in [0, 0.05) is 13.0 Å². The van der Waals surface area contributed by atoms with E-state index in [4.69, 9.17) is 4.98 Å². The number of rotatable bonds is 8. The number of hydrogen-bond acceptors (Lipinski definition) is 3. The van der Waals surface area contributed by atoms with Crippen molar-refractivity contribution in [2.75, 3.05) is 6.54 Å². The topological polar surface area (TPSA) is 55.2 Å². The lowest BCUT2D eigenvalue weighted by Crippen LogP contribution is -2.38. The fourth-order valence-corrected chi connectivity index (χ4v) is 5.27. The summed E-state index contributed by atoms with van der Waals surface area (Å²) in [6.45, 7) is 6.70. The van der Waals surface area contributed by atoms with E-state index in [2.05, 4.69) is 6.92 Å². The molecule has 4 rings (SSSR count). The van der Waals surface area contributed by atoms with Gasteiger partial charge in [-0.1, -0.05) is 56.9 Å². The number of hydrogen-bond donors (Lipinski definition) is 0. The Hall–Kier alpha value is -2.95. The first kappa shape index (κ1) is 23.2. The number of amides is 1. The first-order chi connectivity index (χ1) is 16.0. The van der Waals surface area contributed by atoms with E-state index < -0.39 is 0 Å². The molecule has 0 saturated heterocycles. The van der Waals surface area contributed by atoms with E-state index >= 15 is 0 Å². The van der Waals surface area contributed by atoms with Crippen LogP contribution in [0.25, 0.3) is 16.6 Å². The van der Waals surface area contributed by atoms with Crippen LogP contribution >= 0.6 is 0 Å². The summed E-state index contributed by atoms with van der Waals surface area (Å²) in [5.41, 5.74) is 2.45. The molecule has 174 valence electrons. The second-order valence-electron chi connectivity index (χ2n) is 9.26. The molecule has 1 heterocycles. The molecule has 1 aliphatic rings. The highest BCUT2D eigenvalue weighted by Gasteiger charge is 2.28. The molecule has 5 heteroatoms. The molecule has 1 fully saturated rings. The monoisotopic (exact) mass is 445 g/mol. The molecule has 3 aromatic rings. The number of carbonyl (C=O) groups excluding carboxylic acids is 1. The number of nitrogens with zero attached hydrogens (tertiary/aromatic N) is 3. The summed E-state index contributed by atoms with van der Waals surface area (Å²) < 4.78 is 1.72. The van der Waals surface area contributed by atoms with Gasteiger partial charge in [-0.25, -0.2) is 4.98 Å². The number of fused-ring (bicyclic) bond motifs is 1. The van der Waals surface area contributed by atoms with Crippen LogP contribution in [0, 0.1) is 12.8 Å². The van der Waals surface area contributed by atoms with Crippen LogP contribution in [0.4, 0.5) is 0 Å². The van der Waals surface area contributed by atoms with E-state index in [0.717, 1.165) is 17.7 Å². The number of para-hydroxylation sites is 1. The molecular formula is C28H35N3O2. The molecule has 1 amide bonds. The Kier molecular flexibility index (Phi) is 7.26. The molecule has 33 heavy (non-hydrogen) atoms. The zero-order valence-electron chi connectivity index (χ0n) is 20.1. The lowest BCUT2D eigenvalue weighted by molar-refractivity contribution is -0.134. The minimum Gasteiger partial charge on any atom is -0.333 e. The predicted octanol–water partition coefficient (Wildman–Crippen LogP) is 5.96. The highest BCUT2D eigenvalue weighted by Crippen LogP contribution is 2.31. The first-order valence-electron chi connectivity index (χ1n) is 12.4. The molecule has 0 bridgehead atoms. The summed E-state index contributed by atoms with van der Waals surface area (Å²) in [5.74, 6) is 1.48. The highest BCUT2D eigenvalue weighted by atomic mass is 16.2. The summed E-state index contributed by atoms with van der Waals surface area (Å²) in [7, 11) is 0. The van der Waals surface area contributed by atoms with Gasteiger partial charge < -0.3 is 4.90 Å². The van der Waals surface area contributed by atoms with Gasteiger partial charge in [-0.05, 0) is 62.4 Å². The van der Waals surface area contributed by atoms with Crippen molar-refractivity contribution in [3.63, 3.8) is 0 Å². The Morgan fingerprint density at radius 3 is 2.58 bits per heavy atom. The van der Waals surface area contributed by atoms with Crippen LogP contribution in [-0.4, -0.2) is 26.9 Å². The number of aryl methyl sites for hydroxylation is 1. The standard InChI is InChI=1S/C28H35N3O2/c1-4-25(30(5-2)26(32)18-17-21-12-6-7-13-21)27-29-24-16-9-8-15-23(24)28(33)31(27)22-14-10-11-20(3)19-22/h8-11,14-16,19,21,25H,4-7,12-13,17-18H2,1-3H3. The third-order valence-corrected chi connectivity index (χ3v) is 7.02. The van der Waals surface area contributed by atoms with Gasteiger partial charge in [0.1, 0.15) is 5.82 Å². The number of benzene rings is 2. The molecule has 0 N–H and O–H groups in total. The quantitative estimate of drug-likeness (QED) is 0.430. The third-order valence-electron chi connectivity index (χ3n) is 7.02. The molecule has 0 spiro atoms. The molecule has 0 aliphatic heterocycles. The lowest BCUT2D eigenvalue weighted by atomic mass is 10.0. The molecule has 1 saturated carbocycles. The minimum absolute atomic E-state index is 0.0888. The summed E-state index contributed by atoms with van der Waals surface area (Å²) in [6.07, 6.45) is 7.29. The predicted molar refractivity (Wildman–Crippen MR) is 134 cm³/mol. The molecule has 1 aliphatic carbocycles. The smallest absolute Gasteiger partial charge is 0.266 e. The SMILES string of the molecule is CCC(c1nc2ccccc2c(=O)n1-c1cccc(C)c1)N(CC)C(=O)CCC1CCCC1. The van der Waals surface area contributed by atoms with Gasteiger partial charge in [0.25, 0.3) is 5.56 Å². The van der Waals surface area contributed by atoms with Crippen molar-refractivity contribution in [3.05, 3.63) is 70.3 Å². The maximum Gasteiger partial charge on any atom is 0.266 e. The molecular weight excluding hydrogens is 410 g/mol. The van der Waals surface area contributed by atoms with Gasteiger partial charge in [0.15, 0.2) is 0 Å². The van der Waals surface area contributed by atoms with Crippen LogP contribution in [0.5, 0.6) is 0 Å². The second kappa shape index (κ2) is 10.3. The van der Waals surface area contributed by atoms with E-state index in [1.165, 1.54) is 25.7 Å². The van der Waals surface area contributed by atoms with Crippen LogP contribution < -0.4 is 5.56 Å². The lowest BCUT2D eigenvalue weighted by Gasteiger charge is -2.32. The van der Waals surface area contributed by atoms with Crippen LogP contribution in [0.2, 0.25) is 0 Å². The Balaban J connectivity index is 1.78. The summed E-state index contributed by atoms with van der Waals surface area (Å²) in [4.78, 5) is 33.9. The fraction of sp³-hybridized carbons (Fsp3) is 0.464. The molecule has 2 aromatic carbocycles. The Morgan fingerprint density at radius 2 is 1.88 bits per heavy atom. The van der Waals surface area contributed by atoms with E-state index in [-0.39, 0.29) is 17.5 Å². The van der Waals surface area contributed by atoms with Gasteiger partial charge in [0.2, 0.25) is 5.91 Å². The Morgan fingerprint density at radius 1 is 1.12 bits per heavy atom. The van der Waals surface area contributed by atoms with Crippen molar-refractivity contribution >= 4 is 16.8 Å². The van der Waals surface area contributed by atoms with E-state index in [0.29, 0.717) is 42.0 Å². The van der Waals surface area contributed by atoms with E-state index in [1.54, 1.807) is 4.57 Å². The van der Waals surface area contributed by atoms with Crippen LogP contribution in [0.3, 0.4) is 0 Å². The van der Waals surface area contributed by atoms with E-state index in [1.807, 2.05) is 67.3 Å². The van der Waals surface area contributed by atoms with Crippen LogP contribution in [0.15, 0.2) is 53.3 Å².